The molecule has 0 bridgehead atoms. The van der Waals surface area contributed by atoms with Gasteiger partial charge in [0.05, 0.1) is 11.4 Å². The van der Waals surface area contributed by atoms with Crippen molar-refractivity contribution >= 4 is 27.7 Å². The minimum Gasteiger partial charge on any atom is -0.384 e. The molecular weight excluding hydrogens is 466 g/mol. The van der Waals surface area contributed by atoms with E-state index in [1.807, 2.05) is 19.9 Å². The second-order valence-corrected chi connectivity index (χ2v) is 10.7. The lowest BCUT2D eigenvalue weighted by Gasteiger charge is -2.24. The molecule has 2 aromatic carbocycles. The van der Waals surface area contributed by atoms with Gasteiger partial charge < -0.3 is 16.0 Å². The van der Waals surface area contributed by atoms with E-state index in [2.05, 4.69) is 10.0 Å². The number of nitrogens with one attached hydrogen (secondary N) is 3. The Morgan fingerprint density at radius 1 is 1.09 bits per heavy atom. The average Bonchev–Trinajstić information content (AvgIpc) is 3.30. The van der Waals surface area contributed by atoms with Crippen LogP contribution in [0.3, 0.4) is 0 Å². The van der Waals surface area contributed by atoms with Gasteiger partial charge >= 0.3 is 0 Å². The predicted molar refractivity (Wildman–Crippen MR) is 135 cm³/mol. The zero-order valence-electron chi connectivity index (χ0n) is 20.6. The molecule has 0 aromatic heterocycles. The third kappa shape index (κ3) is 5.88. The van der Waals surface area contributed by atoms with Gasteiger partial charge in [0.1, 0.15) is 11.9 Å². The van der Waals surface area contributed by atoms with Crippen molar-refractivity contribution in [3.05, 3.63) is 63.7 Å². The number of nitrogen functional groups attached to an aromatic ring is 1. The monoisotopic (exact) mass is 499 g/mol. The molecule has 0 radical (unpaired) electrons. The lowest BCUT2D eigenvalue weighted by Crippen LogP contribution is -2.48. The quantitative estimate of drug-likeness (QED) is 0.323. The van der Waals surface area contributed by atoms with Crippen LogP contribution in [0.1, 0.15) is 46.2 Å². The number of sulfonamides is 1. The number of likely N-dealkylation sites (tertiary alicyclic amines) is 1. The molecule has 1 fully saturated rings. The van der Waals surface area contributed by atoms with E-state index in [9.17, 15) is 18.0 Å². The van der Waals surface area contributed by atoms with Gasteiger partial charge in [-0.05, 0) is 68.4 Å². The third-order valence-corrected chi connectivity index (χ3v) is 8.26. The van der Waals surface area contributed by atoms with Gasteiger partial charge in [0, 0.05) is 18.7 Å². The van der Waals surface area contributed by atoms with Gasteiger partial charge in [-0.3, -0.25) is 15.0 Å². The summed E-state index contributed by atoms with van der Waals surface area (Å²) in [5.74, 6) is -0.744. The zero-order chi connectivity index (χ0) is 25.9. The number of carbonyl (C=O) groups is 2. The molecule has 0 saturated carbocycles. The Bertz CT molecular complexity index is 1230. The molecule has 0 spiro atoms. The highest BCUT2D eigenvalue weighted by molar-refractivity contribution is 7.89. The number of nitrogens with two attached hydrogens (primary N) is 1. The first-order valence-electron chi connectivity index (χ1n) is 11.5. The maximum absolute atomic E-state index is 13.1. The van der Waals surface area contributed by atoms with Crippen LogP contribution in [0.4, 0.5) is 0 Å². The van der Waals surface area contributed by atoms with Crippen molar-refractivity contribution in [3.63, 3.8) is 0 Å². The van der Waals surface area contributed by atoms with Crippen LogP contribution in [-0.4, -0.2) is 50.1 Å². The second kappa shape index (κ2) is 10.6. The standard InChI is InChI=1S/C25H33N5O4S/c1-15-12-16(2)18(4)23(17(15)3)35(33,34)29-14-22(31)30-11-5-6-21(30)25(32)28-13-19-7-9-20(10-8-19)24(26)27/h7-10,12,21,29H,5-6,11,13-14H2,1-4H3,(H3,26,27)(H,28,32)/t21-/m0/s1. The number of hydrogen-bond acceptors (Lipinski definition) is 5. The molecule has 10 heteroatoms. The van der Waals surface area contributed by atoms with Gasteiger partial charge in [-0.2, -0.15) is 0 Å². The van der Waals surface area contributed by atoms with Crippen molar-refractivity contribution in [1.82, 2.24) is 14.9 Å². The van der Waals surface area contributed by atoms with Gasteiger partial charge in [-0.15, -0.1) is 0 Å². The number of aryl methyl sites for hydroxylation is 2. The van der Waals surface area contributed by atoms with E-state index < -0.39 is 28.5 Å². The normalized spacial score (nSPS) is 15.8. The smallest absolute Gasteiger partial charge is 0.243 e. The van der Waals surface area contributed by atoms with Gasteiger partial charge in [0.15, 0.2) is 0 Å². The van der Waals surface area contributed by atoms with E-state index in [0.29, 0.717) is 36.1 Å². The first-order valence-corrected chi connectivity index (χ1v) is 13.0. The molecule has 1 aliphatic rings. The minimum absolute atomic E-state index is 0.0285. The summed E-state index contributed by atoms with van der Waals surface area (Å²) < 4.78 is 28.6. The predicted octanol–water partition coefficient (Wildman–Crippen LogP) is 1.79. The fourth-order valence-corrected chi connectivity index (χ4v) is 5.95. The van der Waals surface area contributed by atoms with Crippen molar-refractivity contribution in [3.8, 4) is 0 Å². The van der Waals surface area contributed by atoms with Crippen molar-refractivity contribution in [2.75, 3.05) is 13.1 Å². The van der Waals surface area contributed by atoms with Crippen LogP contribution in [0.25, 0.3) is 0 Å². The van der Waals surface area contributed by atoms with Gasteiger partial charge in [0.25, 0.3) is 0 Å². The van der Waals surface area contributed by atoms with Crippen molar-refractivity contribution in [1.29, 1.82) is 5.41 Å². The van der Waals surface area contributed by atoms with Gasteiger partial charge in [0.2, 0.25) is 21.8 Å². The van der Waals surface area contributed by atoms with Crippen LogP contribution in [0.2, 0.25) is 0 Å². The number of carbonyl (C=O) groups excluding carboxylic acids is 2. The Morgan fingerprint density at radius 3 is 2.26 bits per heavy atom. The lowest BCUT2D eigenvalue weighted by atomic mass is 10.0. The molecule has 0 aliphatic carbocycles. The van der Waals surface area contributed by atoms with Crippen molar-refractivity contribution in [2.24, 2.45) is 5.73 Å². The number of rotatable bonds is 8. The van der Waals surface area contributed by atoms with E-state index in [-0.39, 0.29) is 23.2 Å². The molecule has 1 aliphatic heterocycles. The number of hydrogen-bond donors (Lipinski definition) is 4. The van der Waals surface area contributed by atoms with Crippen LogP contribution >= 0.6 is 0 Å². The largest absolute Gasteiger partial charge is 0.384 e. The van der Waals surface area contributed by atoms with Crippen LogP contribution in [0, 0.1) is 33.1 Å². The summed E-state index contributed by atoms with van der Waals surface area (Å²) in [4.78, 5) is 27.3. The van der Waals surface area contributed by atoms with E-state index in [0.717, 1.165) is 16.7 Å². The highest BCUT2D eigenvalue weighted by Crippen LogP contribution is 2.26. The minimum atomic E-state index is -3.91. The molecular formula is C25H33N5O4S. The maximum Gasteiger partial charge on any atom is 0.243 e. The summed E-state index contributed by atoms with van der Waals surface area (Å²) in [7, 11) is -3.91. The van der Waals surface area contributed by atoms with E-state index >= 15 is 0 Å². The summed E-state index contributed by atoms with van der Waals surface area (Å²) in [6.07, 6.45) is 1.18. The Hall–Kier alpha value is -3.24. The maximum atomic E-state index is 13.1. The van der Waals surface area contributed by atoms with Crippen molar-refractivity contribution in [2.45, 2.75) is 58.0 Å². The molecule has 0 unspecified atom stereocenters. The van der Waals surface area contributed by atoms with Crippen molar-refractivity contribution < 1.29 is 18.0 Å². The Kier molecular flexibility index (Phi) is 7.97. The molecule has 9 nitrogen and oxygen atoms in total. The van der Waals surface area contributed by atoms with E-state index in [4.69, 9.17) is 11.1 Å². The Morgan fingerprint density at radius 2 is 1.69 bits per heavy atom. The average molecular weight is 500 g/mol. The van der Waals surface area contributed by atoms with Crippen LogP contribution < -0.4 is 15.8 Å². The molecule has 35 heavy (non-hydrogen) atoms. The highest BCUT2D eigenvalue weighted by Gasteiger charge is 2.34. The van der Waals surface area contributed by atoms with E-state index in [1.54, 1.807) is 38.1 Å². The summed E-state index contributed by atoms with van der Waals surface area (Å²) >= 11 is 0. The fourth-order valence-electron chi connectivity index (χ4n) is 4.36. The number of amidine groups is 1. The second-order valence-electron chi connectivity index (χ2n) is 8.99. The molecule has 2 amide bonds. The zero-order valence-corrected chi connectivity index (χ0v) is 21.4. The first-order chi connectivity index (χ1) is 16.4. The molecule has 1 saturated heterocycles. The summed E-state index contributed by atoms with van der Waals surface area (Å²) in [6.45, 7) is 7.49. The number of amides is 2. The fraction of sp³-hybridized carbons (Fsp3) is 0.400. The molecule has 188 valence electrons. The number of nitrogens with zero attached hydrogens (tertiary/aromatic N) is 1. The van der Waals surface area contributed by atoms with Crippen LogP contribution in [0.5, 0.6) is 0 Å². The van der Waals surface area contributed by atoms with Gasteiger partial charge in [-0.25, -0.2) is 13.1 Å². The highest BCUT2D eigenvalue weighted by atomic mass is 32.2. The Balaban J connectivity index is 1.63. The molecule has 2 aromatic rings. The van der Waals surface area contributed by atoms with Crippen LogP contribution in [0.15, 0.2) is 35.2 Å². The topological polar surface area (TPSA) is 145 Å². The SMILES string of the molecule is Cc1cc(C)c(C)c(S(=O)(=O)NCC(=O)N2CCC[C@H]2C(=O)NCc2ccc(C(=N)N)cc2)c1C. The molecule has 5 N–H and O–H groups in total. The lowest BCUT2D eigenvalue weighted by molar-refractivity contribution is -0.137. The van der Waals surface area contributed by atoms with Gasteiger partial charge in [-0.1, -0.05) is 30.3 Å². The van der Waals surface area contributed by atoms with E-state index in [1.165, 1.54) is 4.90 Å². The summed E-state index contributed by atoms with van der Waals surface area (Å²) in [5, 5.41) is 10.3. The summed E-state index contributed by atoms with van der Waals surface area (Å²) in [5.41, 5.74) is 9.94. The molecule has 3 rings (SSSR count). The third-order valence-electron chi connectivity index (χ3n) is 6.59. The van der Waals surface area contributed by atoms with Crippen LogP contribution in [-0.2, 0) is 26.2 Å². The number of benzene rings is 2. The molecule has 1 heterocycles. The Labute approximate surface area is 206 Å². The first kappa shape index (κ1) is 26.4. The molecule has 1 atom stereocenters. The summed E-state index contributed by atoms with van der Waals surface area (Å²) in [6, 6.07) is 8.27.